The lowest BCUT2D eigenvalue weighted by atomic mass is 10.0. The number of ether oxygens (including phenoxy) is 2. The highest BCUT2D eigenvalue weighted by Crippen LogP contribution is 2.30. The fraction of sp³-hybridized carbons (Fsp3) is 0.478. The van der Waals surface area contributed by atoms with E-state index in [1.807, 2.05) is 4.90 Å². The quantitative estimate of drug-likeness (QED) is 0.721. The van der Waals surface area contributed by atoms with E-state index in [1.165, 1.54) is 6.07 Å². The van der Waals surface area contributed by atoms with Crippen LogP contribution in [0.15, 0.2) is 42.6 Å². The lowest BCUT2D eigenvalue weighted by Crippen LogP contribution is -2.45. The van der Waals surface area contributed by atoms with E-state index in [2.05, 4.69) is 10.3 Å². The van der Waals surface area contributed by atoms with Gasteiger partial charge in [-0.3, -0.25) is 4.79 Å². The second-order valence-corrected chi connectivity index (χ2v) is 8.11. The van der Waals surface area contributed by atoms with Crippen LogP contribution in [0.5, 0.6) is 5.75 Å². The van der Waals surface area contributed by atoms with Crippen molar-refractivity contribution in [1.29, 1.82) is 0 Å². The Hall–Kier alpha value is -2.81. The number of aromatic nitrogens is 1. The third kappa shape index (κ3) is 5.70. The number of halogens is 3. The van der Waals surface area contributed by atoms with Gasteiger partial charge in [0.1, 0.15) is 18.2 Å². The molecule has 1 aromatic carbocycles. The first-order chi connectivity index (χ1) is 15.4. The first kappa shape index (κ1) is 22.4. The number of alkyl halides is 3. The lowest BCUT2D eigenvalue weighted by molar-refractivity contribution is -0.137. The monoisotopic (exact) mass is 449 g/mol. The average molecular weight is 449 g/mol. The second-order valence-electron chi connectivity index (χ2n) is 8.11. The van der Waals surface area contributed by atoms with Crippen LogP contribution in [-0.2, 0) is 10.9 Å². The first-order valence-corrected chi connectivity index (χ1v) is 10.8. The van der Waals surface area contributed by atoms with E-state index in [9.17, 15) is 18.0 Å². The van der Waals surface area contributed by atoms with Crippen molar-refractivity contribution in [2.45, 2.75) is 44.0 Å². The molecule has 4 rings (SSSR count). The molecule has 3 heterocycles. The molecule has 0 aliphatic carbocycles. The Morgan fingerprint density at radius 1 is 1.12 bits per heavy atom. The normalized spacial score (nSPS) is 19.7. The van der Waals surface area contributed by atoms with Crippen molar-refractivity contribution in [3.8, 4) is 5.75 Å². The summed E-state index contributed by atoms with van der Waals surface area (Å²) in [7, 11) is 0. The van der Waals surface area contributed by atoms with Gasteiger partial charge in [-0.15, -0.1) is 0 Å². The van der Waals surface area contributed by atoms with Crippen molar-refractivity contribution in [2.24, 2.45) is 0 Å². The predicted octanol–water partition coefficient (Wildman–Crippen LogP) is 4.06. The highest BCUT2D eigenvalue weighted by molar-refractivity contribution is 5.94. The van der Waals surface area contributed by atoms with Crippen LogP contribution in [0.2, 0.25) is 0 Å². The summed E-state index contributed by atoms with van der Waals surface area (Å²) in [6.07, 6.45) is 0.0611. The number of nitrogens with one attached hydrogen (secondary N) is 1. The molecular weight excluding hydrogens is 423 g/mol. The Kier molecular flexibility index (Phi) is 6.83. The minimum absolute atomic E-state index is 0.00337. The number of hydrogen-bond donors (Lipinski definition) is 1. The molecule has 2 aliphatic heterocycles. The van der Waals surface area contributed by atoms with Crippen molar-refractivity contribution in [2.75, 3.05) is 31.2 Å². The summed E-state index contributed by atoms with van der Waals surface area (Å²) in [6.45, 7) is 2.52. The van der Waals surface area contributed by atoms with E-state index in [0.29, 0.717) is 49.7 Å². The van der Waals surface area contributed by atoms with E-state index in [-0.39, 0.29) is 18.1 Å². The molecule has 2 fully saturated rings. The van der Waals surface area contributed by atoms with E-state index in [4.69, 9.17) is 9.47 Å². The summed E-state index contributed by atoms with van der Waals surface area (Å²) < 4.78 is 49.3. The number of pyridine rings is 1. The molecule has 6 nitrogen and oxygen atoms in total. The molecule has 0 bridgehead atoms. The van der Waals surface area contributed by atoms with Crippen molar-refractivity contribution in [3.63, 3.8) is 0 Å². The van der Waals surface area contributed by atoms with Gasteiger partial charge in [-0.2, -0.15) is 13.2 Å². The molecule has 1 atom stereocenters. The van der Waals surface area contributed by atoms with Gasteiger partial charge in [-0.05, 0) is 62.1 Å². The first-order valence-electron chi connectivity index (χ1n) is 10.8. The molecule has 1 aromatic heterocycles. The highest BCUT2D eigenvalue weighted by atomic mass is 19.4. The van der Waals surface area contributed by atoms with Crippen LogP contribution < -0.4 is 15.0 Å². The van der Waals surface area contributed by atoms with Gasteiger partial charge in [0.2, 0.25) is 0 Å². The summed E-state index contributed by atoms with van der Waals surface area (Å²) in [5.41, 5.74) is -0.201. The lowest BCUT2D eigenvalue weighted by Gasteiger charge is -2.33. The van der Waals surface area contributed by atoms with Gasteiger partial charge < -0.3 is 19.7 Å². The van der Waals surface area contributed by atoms with Crippen molar-refractivity contribution in [1.82, 2.24) is 10.3 Å². The topological polar surface area (TPSA) is 63.7 Å². The number of carbonyl (C=O) groups excluding carboxylic acids is 1. The number of hydrogen-bond acceptors (Lipinski definition) is 5. The van der Waals surface area contributed by atoms with Crippen LogP contribution >= 0.6 is 0 Å². The molecule has 2 saturated heterocycles. The molecule has 0 spiro atoms. The van der Waals surface area contributed by atoms with Crippen molar-refractivity contribution in [3.05, 3.63) is 53.7 Å². The van der Waals surface area contributed by atoms with Crippen LogP contribution in [0.1, 0.15) is 41.6 Å². The maximum Gasteiger partial charge on any atom is 0.417 e. The number of rotatable bonds is 6. The van der Waals surface area contributed by atoms with Crippen molar-refractivity contribution < 1.29 is 27.4 Å². The van der Waals surface area contributed by atoms with Gasteiger partial charge in [-0.1, -0.05) is 0 Å². The smallest absolute Gasteiger partial charge is 0.417 e. The van der Waals surface area contributed by atoms with Crippen LogP contribution in [-0.4, -0.2) is 49.3 Å². The number of amides is 1. The van der Waals surface area contributed by atoms with Gasteiger partial charge in [-0.25, -0.2) is 4.98 Å². The highest BCUT2D eigenvalue weighted by Gasteiger charge is 2.31. The number of piperidine rings is 1. The number of carbonyl (C=O) groups is 1. The Labute approximate surface area is 184 Å². The third-order valence-electron chi connectivity index (χ3n) is 5.81. The Morgan fingerprint density at radius 3 is 2.47 bits per heavy atom. The van der Waals surface area contributed by atoms with Crippen LogP contribution in [0, 0.1) is 0 Å². The van der Waals surface area contributed by atoms with Crippen LogP contribution in [0.3, 0.4) is 0 Å². The van der Waals surface area contributed by atoms with Gasteiger partial charge in [0, 0.05) is 37.5 Å². The second kappa shape index (κ2) is 9.77. The summed E-state index contributed by atoms with van der Waals surface area (Å²) in [4.78, 5) is 18.5. The maximum atomic E-state index is 12.7. The van der Waals surface area contributed by atoms with Crippen LogP contribution in [0.4, 0.5) is 19.0 Å². The standard InChI is InChI=1S/C23H26F3N3O3/c24-23(25,26)17-5-8-21(27-14-17)29-11-9-18(10-12-29)28-22(30)16-3-6-19(7-4-16)32-15-20-2-1-13-31-20/h3-8,14,18,20H,1-2,9-13,15H2,(H,28,30). The van der Waals surface area contributed by atoms with Gasteiger partial charge in [0.25, 0.3) is 5.91 Å². The number of anilines is 1. The summed E-state index contributed by atoms with van der Waals surface area (Å²) >= 11 is 0. The summed E-state index contributed by atoms with van der Waals surface area (Å²) in [6, 6.07) is 9.48. The van der Waals surface area contributed by atoms with E-state index in [0.717, 1.165) is 31.7 Å². The molecule has 1 N–H and O–H groups in total. The molecule has 1 amide bonds. The molecule has 2 aromatic rings. The molecule has 32 heavy (non-hydrogen) atoms. The molecule has 1 unspecified atom stereocenters. The minimum Gasteiger partial charge on any atom is -0.491 e. The fourth-order valence-corrected chi connectivity index (χ4v) is 3.93. The zero-order valence-corrected chi connectivity index (χ0v) is 17.6. The van der Waals surface area contributed by atoms with E-state index in [1.54, 1.807) is 24.3 Å². The zero-order chi connectivity index (χ0) is 22.6. The van der Waals surface area contributed by atoms with E-state index >= 15 is 0 Å². The molecule has 172 valence electrons. The van der Waals surface area contributed by atoms with Crippen molar-refractivity contribution >= 4 is 11.7 Å². The fourth-order valence-electron chi connectivity index (χ4n) is 3.93. The zero-order valence-electron chi connectivity index (χ0n) is 17.6. The average Bonchev–Trinajstić information content (AvgIpc) is 3.32. The molecular formula is C23H26F3N3O3. The maximum absolute atomic E-state index is 12.7. The molecule has 2 aliphatic rings. The molecule has 0 radical (unpaired) electrons. The number of benzene rings is 1. The van der Waals surface area contributed by atoms with Gasteiger partial charge >= 0.3 is 6.18 Å². The largest absolute Gasteiger partial charge is 0.491 e. The number of nitrogens with zero attached hydrogens (tertiary/aromatic N) is 2. The van der Waals surface area contributed by atoms with Crippen LogP contribution in [0.25, 0.3) is 0 Å². The summed E-state index contributed by atoms with van der Waals surface area (Å²) in [5.74, 6) is 1.07. The van der Waals surface area contributed by atoms with Gasteiger partial charge in [0.15, 0.2) is 0 Å². The van der Waals surface area contributed by atoms with Gasteiger partial charge in [0.05, 0.1) is 11.7 Å². The predicted molar refractivity (Wildman–Crippen MR) is 113 cm³/mol. The Balaban J connectivity index is 1.23. The Bertz CT molecular complexity index is 889. The SMILES string of the molecule is O=C(NC1CCN(c2ccc(C(F)(F)F)cn2)CC1)c1ccc(OCC2CCCO2)cc1. The van der Waals surface area contributed by atoms with E-state index < -0.39 is 11.7 Å². The Morgan fingerprint density at radius 2 is 1.88 bits per heavy atom. The minimum atomic E-state index is -4.39. The molecule has 9 heteroatoms. The summed E-state index contributed by atoms with van der Waals surface area (Å²) in [5, 5.41) is 3.04. The third-order valence-corrected chi connectivity index (χ3v) is 5.81. The molecule has 0 saturated carbocycles.